The van der Waals surface area contributed by atoms with Gasteiger partial charge < -0.3 is 4.98 Å². The number of aromatic nitrogens is 2. The maximum Gasteiger partial charge on any atom is 0.330 e. The predicted molar refractivity (Wildman–Crippen MR) is 101 cm³/mol. The Kier molecular flexibility index (Phi) is 4.05. The fourth-order valence-electron chi connectivity index (χ4n) is 3.33. The van der Waals surface area contributed by atoms with E-state index >= 15 is 0 Å². The normalized spacial score (nSPS) is 16.0. The van der Waals surface area contributed by atoms with Crippen LogP contribution in [0.25, 0.3) is 16.7 Å². The standard InChI is InChI=1S/C19H19N3O3S/c1-14-5-4-6-16(13-14)26(24,25)21-11-9-15(10-12-21)22-18-8-3-2-7-17(18)20-19(22)23/h2-9,13H,10-12H2,1H3,(H,20,23). The molecular formula is C19H19N3O3S. The second-order valence-electron chi connectivity index (χ2n) is 6.41. The molecule has 26 heavy (non-hydrogen) atoms. The minimum absolute atomic E-state index is 0.201. The first-order chi connectivity index (χ1) is 12.5. The molecule has 1 aliphatic heterocycles. The molecule has 0 atom stereocenters. The van der Waals surface area contributed by atoms with Gasteiger partial charge in [-0.3, -0.25) is 4.57 Å². The second-order valence-corrected chi connectivity index (χ2v) is 8.35. The zero-order valence-electron chi connectivity index (χ0n) is 14.3. The van der Waals surface area contributed by atoms with Crippen LogP contribution in [0.2, 0.25) is 0 Å². The summed E-state index contributed by atoms with van der Waals surface area (Å²) in [6.45, 7) is 2.46. The summed E-state index contributed by atoms with van der Waals surface area (Å²) in [7, 11) is -3.54. The van der Waals surface area contributed by atoms with Crippen LogP contribution in [0.5, 0.6) is 0 Å². The molecule has 0 unspecified atom stereocenters. The number of aromatic amines is 1. The summed E-state index contributed by atoms with van der Waals surface area (Å²) in [6.07, 6.45) is 2.30. The van der Waals surface area contributed by atoms with Crippen LogP contribution >= 0.6 is 0 Å². The van der Waals surface area contributed by atoms with Gasteiger partial charge in [-0.05, 0) is 42.8 Å². The SMILES string of the molecule is Cc1cccc(S(=O)(=O)N2CC=C(n3c(=O)[nH]c4ccccc43)CC2)c1. The second kappa shape index (κ2) is 6.26. The molecule has 0 radical (unpaired) electrons. The number of hydrogen-bond acceptors (Lipinski definition) is 3. The van der Waals surface area contributed by atoms with Crippen molar-refractivity contribution in [3.63, 3.8) is 0 Å². The highest BCUT2D eigenvalue weighted by atomic mass is 32.2. The lowest BCUT2D eigenvalue weighted by atomic mass is 10.2. The summed E-state index contributed by atoms with van der Waals surface area (Å²) >= 11 is 0. The molecule has 3 aromatic rings. The molecule has 2 heterocycles. The first-order valence-corrected chi connectivity index (χ1v) is 9.87. The monoisotopic (exact) mass is 369 g/mol. The summed E-state index contributed by atoms with van der Waals surface area (Å²) in [5.74, 6) is 0. The van der Waals surface area contributed by atoms with Crippen molar-refractivity contribution >= 4 is 26.8 Å². The van der Waals surface area contributed by atoms with Crippen molar-refractivity contribution in [2.75, 3.05) is 13.1 Å². The number of imidazole rings is 1. The molecule has 1 N–H and O–H groups in total. The van der Waals surface area contributed by atoms with Crippen molar-refractivity contribution in [2.45, 2.75) is 18.2 Å². The van der Waals surface area contributed by atoms with Crippen LogP contribution in [0, 0.1) is 6.92 Å². The predicted octanol–water partition coefficient (Wildman–Crippen LogP) is 2.57. The van der Waals surface area contributed by atoms with Crippen LogP contribution in [0.15, 0.2) is 64.3 Å². The van der Waals surface area contributed by atoms with Crippen molar-refractivity contribution in [3.8, 4) is 0 Å². The van der Waals surface area contributed by atoms with Crippen molar-refractivity contribution in [1.29, 1.82) is 0 Å². The lowest BCUT2D eigenvalue weighted by Crippen LogP contribution is -2.36. The van der Waals surface area contributed by atoms with E-state index in [1.165, 1.54) is 4.31 Å². The molecule has 1 aliphatic rings. The highest BCUT2D eigenvalue weighted by molar-refractivity contribution is 7.89. The quantitative estimate of drug-likeness (QED) is 0.771. The van der Waals surface area contributed by atoms with Gasteiger partial charge in [0.15, 0.2) is 0 Å². The number of para-hydroxylation sites is 2. The van der Waals surface area contributed by atoms with Gasteiger partial charge in [0.1, 0.15) is 0 Å². The van der Waals surface area contributed by atoms with Crippen molar-refractivity contribution in [1.82, 2.24) is 13.9 Å². The molecule has 0 fully saturated rings. The van der Waals surface area contributed by atoms with Gasteiger partial charge in [-0.25, -0.2) is 13.2 Å². The first-order valence-electron chi connectivity index (χ1n) is 8.43. The smallest absolute Gasteiger partial charge is 0.305 e. The third kappa shape index (κ3) is 2.79. The van der Waals surface area contributed by atoms with E-state index in [0.29, 0.717) is 17.9 Å². The van der Waals surface area contributed by atoms with Gasteiger partial charge in [0.2, 0.25) is 10.0 Å². The average Bonchev–Trinajstić information content (AvgIpc) is 2.97. The topological polar surface area (TPSA) is 75.2 Å². The number of sulfonamides is 1. The number of aryl methyl sites for hydroxylation is 1. The van der Waals surface area contributed by atoms with Gasteiger partial charge in [-0.1, -0.05) is 24.3 Å². The van der Waals surface area contributed by atoms with Gasteiger partial charge in [-0.15, -0.1) is 0 Å². The summed E-state index contributed by atoms with van der Waals surface area (Å²) in [6, 6.07) is 14.4. The van der Waals surface area contributed by atoms with Crippen LogP contribution in [0.3, 0.4) is 0 Å². The number of hydrogen-bond donors (Lipinski definition) is 1. The molecule has 134 valence electrons. The number of nitrogens with one attached hydrogen (secondary N) is 1. The van der Waals surface area contributed by atoms with Crippen molar-refractivity contribution in [2.24, 2.45) is 0 Å². The minimum Gasteiger partial charge on any atom is -0.305 e. The minimum atomic E-state index is -3.54. The average molecular weight is 369 g/mol. The van der Waals surface area contributed by atoms with E-state index in [1.807, 2.05) is 43.3 Å². The number of benzene rings is 2. The van der Waals surface area contributed by atoms with Gasteiger partial charge in [0.25, 0.3) is 0 Å². The fraction of sp³-hybridized carbons (Fsp3) is 0.211. The Hall–Kier alpha value is -2.64. The molecule has 0 amide bonds. The fourth-order valence-corrected chi connectivity index (χ4v) is 4.81. The Morgan fingerprint density at radius 3 is 2.62 bits per heavy atom. The highest BCUT2D eigenvalue weighted by Crippen LogP contribution is 2.24. The Bertz CT molecular complexity index is 1170. The first kappa shape index (κ1) is 16.8. The number of H-pyrrole nitrogens is 1. The van der Waals surface area contributed by atoms with E-state index < -0.39 is 10.0 Å². The zero-order valence-corrected chi connectivity index (χ0v) is 15.2. The maximum atomic E-state index is 12.8. The molecule has 1 aromatic heterocycles. The van der Waals surface area contributed by atoms with E-state index in [4.69, 9.17) is 0 Å². The summed E-state index contributed by atoms with van der Waals surface area (Å²) < 4.78 is 28.7. The molecule has 6 nitrogen and oxygen atoms in total. The Morgan fingerprint density at radius 2 is 1.88 bits per heavy atom. The molecule has 7 heteroatoms. The van der Waals surface area contributed by atoms with Gasteiger partial charge in [0.05, 0.1) is 15.9 Å². The summed E-state index contributed by atoms with van der Waals surface area (Å²) in [5, 5.41) is 0. The highest BCUT2D eigenvalue weighted by Gasteiger charge is 2.27. The van der Waals surface area contributed by atoms with E-state index in [9.17, 15) is 13.2 Å². The molecule has 4 rings (SSSR count). The molecule has 0 spiro atoms. The molecule has 2 aromatic carbocycles. The van der Waals surface area contributed by atoms with Gasteiger partial charge >= 0.3 is 5.69 Å². The number of rotatable bonds is 3. The van der Waals surface area contributed by atoms with Gasteiger partial charge in [0, 0.05) is 25.2 Å². The van der Waals surface area contributed by atoms with E-state index in [-0.39, 0.29) is 12.2 Å². The van der Waals surface area contributed by atoms with E-state index in [0.717, 1.165) is 22.3 Å². The van der Waals surface area contributed by atoms with Crippen molar-refractivity contribution < 1.29 is 8.42 Å². The molecule has 0 aliphatic carbocycles. The third-order valence-electron chi connectivity index (χ3n) is 4.65. The van der Waals surface area contributed by atoms with Gasteiger partial charge in [-0.2, -0.15) is 4.31 Å². The zero-order chi connectivity index (χ0) is 18.3. The molecular weight excluding hydrogens is 350 g/mol. The van der Waals surface area contributed by atoms with Crippen LogP contribution in [-0.2, 0) is 10.0 Å². The van der Waals surface area contributed by atoms with Crippen LogP contribution in [0.1, 0.15) is 12.0 Å². The molecule has 0 saturated heterocycles. The van der Waals surface area contributed by atoms with Crippen LogP contribution in [0.4, 0.5) is 0 Å². The largest absolute Gasteiger partial charge is 0.330 e. The lowest BCUT2D eigenvalue weighted by molar-refractivity contribution is 0.437. The summed E-state index contributed by atoms with van der Waals surface area (Å²) in [4.78, 5) is 15.4. The Morgan fingerprint density at radius 1 is 1.08 bits per heavy atom. The number of nitrogens with zero attached hydrogens (tertiary/aromatic N) is 2. The summed E-state index contributed by atoms with van der Waals surface area (Å²) in [5.41, 5.74) is 3.10. The van der Waals surface area contributed by atoms with E-state index in [2.05, 4.69) is 4.98 Å². The maximum absolute atomic E-state index is 12.8. The molecule has 0 saturated carbocycles. The van der Waals surface area contributed by atoms with E-state index in [1.54, 1.807) is 22.8 Å². The lowest BCUT2D eigenvalue weighted by Gasteiger charge is -2.26. The molecule has 0 bridgehead atoms. The van der Waals surface area contributed by atoms with Crippen LogP contribution in [-0.4, -0.2) is 35.4 Å². The Balaban J connectivity index is 1.66. The third-order valence-corrected chi connectivity index (χ3v) is 6.51. The Labute approximate surface area is 151 Å². The van der Waals surface area contributed by atoms with Crippen molar-refractivity contribution in [3.05, 3.63) is 70.7 Å². The number of fused-ring (bicyclic) bond motifs is 1. The van der Waals surface area contributed by atoms with Crippen LogP contribution < -0.4 is 5.69 Å².